The lowest BCUT2D eigenvalue weighted by Gasteiger charge is -2.37. The first-order chi connectivity index (χ1) is 14.9. The number of ether oxygens (including phenoxy) is 2. The van der Waals surface area contributed by atoms with Crippen LogP contribution in [0.25, 0.3) is 0 Å². The lowest BCUT2D eigenvalue weighted by atomic mass is 9.94. The van der Waals surface area contributed by atoms with Crippen molar-refractivity contribution in [1.82, 2.24) is 9.80 Å². The van der Waals surface area contributed by atoms with Crippen molar-refractivity contribution in [2.24, 2.45) is 0 Å². The number of rotatable bonds is 4. The van der Waals surface area contributed by atoms with Crippen LogP contribution in [0.2, 0.25) is 0 Å². The second kappa shape index (κ2) is 8.26. The van der Waals surface area contributed by atoms with Crippen LogP contribution >= 0.6 is 0 Å². The molecule has 0 unspecified atom stereocenters. The summed E-state index contributed by atoms with van der Waals surface area (Å²) in [5, 5.41) is 2.98. The van der Waals surface area contributed by atoms with E-state index in [-0.39, 0.29) is 17.7 Å². The molecular weight excluding hydrogens is 418 g/mol. The zero-order valence-electron chi connectivity index (χ0n) is 17.8. The summed E-state index contributed by atoms with van der Waals surface area (Å²) in [5.41, 5.74) is 0.718. The highest BCUT2D eigenvalue weighted by molar-refractivity contribution is 7.91. The smallest absolute Gasteiger partial charge is 0.251 e. The molecule has 1 atom stereocenters. The van der Waals surface area contributed by atoms with E-state index in [4.69, 9.17) is 9.47 Å². The number of carbonyl (C=O) groups excluding carboxylic acids is 1. The van der Waals surface area contributed by atoms with Gasteiger partial charge in [0.1, 0.15) is 0 Å². The Bertz CT molecular complexity index is 936. The van der Waals surface area contributed by atoms with E-state index in [9.17, 15) is 13.2 Å². The second-order valence-electron chi connectivity index (χ2n) is 9.25. The molecule has 3 heterocycles. The van der Waals surface area contributed by atoms with Gasteiger partial charge in [0.2, 0.25) is 5.91 Å². The van der Waals surface area contributed by atoms with E-state index in [1.165, 1.54) is 6.42 Å². The molecule has 9 heteroatoms. The van der Waals surface area contributed by atoms with E-state index < -0.39 is 15.6 Å². The minimum atomic E-state index is -2.86. The Morgan fingerprint density at radius 1 is 1.06 bits per heavy atom. The molecule has 8 nitrogen and oxygen atoms in total. The molecule has 1 aromatic carbocycles. The fourth-order valence-electron chi connectivity index (χ4n) is 5.22. The lowest BCUT2D eigenvalue weighted by Crippen LogP contribution is -2.52. The maximum Gasteiger partial charge on any atom is 0.251 e. The van der Waals surface area contributed by atoms with Crippen LogP contribution in [-0.2, 0) is 14.6 Å². The molecule has 0 bridgehead atoms. The van der Waals surface area contributed by atoms with Gasteiger partial charge in [-0.3, -0.25) is 14.6 Å². The average molecular weight is 450 g/mol. The monoisotopic (exact) mass is 449 g/mol. The molecule has 170 valence electrons. The Hall–Kier alpha value is -1.84. The largest absolute Gasteiger partial charge is 0.448 e. The highest BCUT2D eigenvalue weighted by Crippen LogP contribution is 2.46. The summed E-state index contributed by atoms with van der Waals surface area (Å²) in [7, 11) is -2.86. The number of fused-ring (bicyclic) bond motifs is 1. The molecule has 1 saturated carbocycles. The molecule has 1 amide bonds. The highest BCUT2D eigenvalue weighted by Gasteiger charge is 2.42. The van der Waals surface area contributed by atoms with Crippen molar-refractivity contribution in [3.05, 3.63) is 18.2 Å². The predicted octanol–water partition coefficient (Wildman–Crippen LogP) is 1.86. The van der Waals surface area contributed by atoms with Gasteiger partial charge in [-0.05, 0) is 31.4 Å². The maximum absolute atomic E-state index is 12.6. The average Bonchev–Trinajstić information content (AvgIpc) is 3.27. The van der Waals surface area contributed by atoms with Gasteiger partial charge in [0.25, 0.3) is 5.79 Å². The molecule has 4 aliphatic rings. The summed E-state index contributed by atoms with van der Waals surface area (Å²) < 4.78 is 35.7. The summed E-state index contributed by atoms with van der Waals surface area (Å²) >= 11 is 0. The molecule has 3 aliphatic heterocycles. The Balaban J connectivity index is 1.11. The van der Waals surface area contributed by atoms with E-state index in [0.29, 0.717) is 18.0 Å². The zero-order chi connectivity index (χ0) is 21.5. The number of piperazine rings is 1. The molecule has 1 spiro atoms. The first-order valence-corrected chi connectivity index (χ1v) is 13.2. The Morgan fingerprint density at radius 3 is 2.52 bits per heavy atom. The van der Waals surface area contributed by atoms with Gasteiger partial charge in [-0.25, -0.2) is 8.42 Å². The number of hydrogen-bond donors (Lipinski definition) is 1. The molecule has 5 rings (SSSR count). The molecule has 1 N–H and O–H groups in total. The molecule has 1 aromatic rings. The van der Waals surface area contributed by atoms with E-state index in [1.54, 1.807) is 0 Å². The number of nitrogens with one attached hydrogen (secondary N) is 1. The summed E-state index contributed by atoms with van der Waals surface area (Å²) in [6.45, 7) is 3.48. The Labute approximate surface area is 183 Å². The number of anilines is 1. The van der Waals surface area contributed by atoms with Crippen molar-refractivity contribution >= 4 is 21.4 Å². The van der Waals surface area contributed by atoms with Crippen molar-refractivity contribution in [3.63, 3.8) is 0 Å². The van der Waals surface area contributed by atoms with Crippen LogP contribution in [0, 0.1) is 0 Å². The van der Waals surface area contributed by atoms with Crippen molar-refractivity contribution in [2.45, 2.75) is 50.4 Å². The zero-order valence-corrected chi connectivity index (χ0v) is 18.7. The number of hydrogen-bond acceptors (Lipinski definition) is 7. The minimum Gasteiger partial charge on any atom is -0.448 e. The van der Waals surface area contributed by atoms with Crippen molar-refractivity contribution in [3.8, 4) is 11.5 Å². The van der Waals surface area contributed by atoms with Gasteiger partial charge in [-0.15, -0.1) is 0 Å². The number of nitrogens with zero attached hydrogens (tertiary/aromatic N) is 2. The normalized spacial score (nSPS) is 27.4. The van der Waals surface area contributed by atoms with Crippen LogP contribution in [0.5, 0.6) is 11.5 Å². The number of amides is 1. The van der Waals surface area contributed by atoms with E-state index in [0.717, 1.165) is 69.7 Å². The highest BCUT2D eigenvalue weighted by atomic mass is 32.2. The maximum atomic E-state index is 12.6. The topological polar surface area (TPSA) is 88.2 Å². The molecular formula is C22H31N3O5S. The van der Waals surface area contributed by atoms with Crippen LogP contribution in [-0.4, -0.2) is 80.2 Å². The van der Waals surface area contributed by atoms with Gasteiger partial charge in [0.15, 0.2) is 21.3 Å². The van der Waals surface area contributed by atoms with Gasteiger partial charge >= 0.3 is 0 Å². The quantitative estimate of drug-likeness (QED) is 0.751. The van der Waals surface area contributed by atoms with Gasteiger partial charge in [0.05, 0.1) is 18.1 Å². The summed E-state index contributed by atoms with van der Waals surface area (Å²) in [6.07, 6.45) is 5.99. The molecule has 0 aromatic heterocycles. The van der Waals surface area contributed by atoms with Crippen molar-refractivity contribution < 1.29 is 22.7 Å². The molecule has 0 radical (unpaired) electrons. The standard InChI is InChI=1S/C22H31N3O5S/c26-21(15-24-9-11-25(12-10-24)18-6-13-31(27,28)16-18)23-17-4-5-19-20(14-17)30-22(29-19)7-2-1-3-8-22/h4-5,14,18H,1-3,6-13,15-16H2,(H,23,26)/t18-/m0/s1. The van der Waals surface area contributed by atoms with Crippen molar-refractivity contribution in [1.29, 1.82) is 0 Å². The predicted molar refractivity (Wildman–Crippen MR) is 117 cm³/mol. The van der Waals surface area contributed by atoms with Crippen LogP contribution < -0.4 is 14.8 Å². The first kappa shape index (κ1) is 21.0. The third kappa shape index (κ3) is 4.68. The molecule has 3 fully saturated rings. The van der Waals surface area contributed by atoms with E-state index >= 15 is 0 Å². The van der Waals surface area contributed by atoms with Gasteiger partial charge in [-0.2, -0.15) is 0 Å². The van der Waals surface area contributed by atoms with Crippen LogP contribution in [0.15, 0.2) is 18.2 Å². The third-order valence-electron chi connectivity index (χ3n) is 6.93. The molecule has 2 saturated heterocycles. The van der Waals surface area contributed by atoms with E-state index in [2.05, 4.69) is 15.1 Å². The number of benzene rings is 1. The van der Waals surface area contributed by atoms with Crippen LogP contribution in [0.1, 0.15) is 38.5 Å². The fourth-order valence-corrected chi connectivity index (χ4v) is 6.98. The Kier molecular flexibility index (Phi) is 5.60. The molecule has 31 heavy (non-hydrogen) atoms. The number of sulfone groups is 1. The van der Waals surface area contributed by atoms with Crippen LogP contribution in [0.4, 0.5) is 5.69 Å². The van der Waals surface area contributed by atoms with Gasteiger partial charge in [0, 0.05) is 56.8 Å². The third-order valence-corrected chi connectivity index (χ3v) is 8.68. The lowest BCUT2D eigenvalue weighted by molar-refractivity contribution is -0.117. The minimum absolute atomic E-state index is 0.0526. The summed E-state index contributed by atoms with van der Waals surface area (Å²) in [4.78, 5) is 17.0. The SMILES string of the molecule is O=C(CN1CCN([C@H]2CCS(=O)(=O)C2)CC1)Nc1ccc2c(c1)OC1(CCCCC1)O2. The summed E-state index contributed by atoms with van der Waals surface area (Å²) in [5.74, 6) is 1.48. The summed E-state index contributed by atoms with van der Waals surface area (Å²) in [6, 6.07) is 5.74. The van der Waals surface area contributed by atoms with Crippen molar-refractivity contribution in [2.75, 3.05) is 49.5 Å². The van der Waals surface area contributed by atoms with Gasteiger partial charge in [-0.1, -0.05) is 6.42 Å². The van der Waals surface area contributed by atoms with Crippen LogP contribution in [0.3, 0.4) is 0 Å². The number of carbonyl (C=O) groups is 1. The fraction of sp³-hybridized carbons (Fsp3) is 0.682. The Morgan fingerprint density at radius 2 is 1.81 bits per heavy atom. The first-order valence-electron chi connectivity index (χ1n) is 11.4. The molecule has 1 aliphatic carbocycles. The van der Waals surface area contributed by atoms with E-state index in [1.807, 2.05) is 18.2 Å². The van der Waals surface area contributed by atoms with Gasteiger partial charge < -0.3 is 14.8 Å². The second-order valence-corrected chi connectivity index (χ2v) is 11.5.